The summed E-state index contributed by atoms with van der Waals surface area (Å²) in [6, 6.07) is 0. The molecule has 1 atom stereocenters. The molecule has 13 heavy (non-hydrogen) atoms. The summed E-state index contributed by atoms with van der Waals surface area (Å²) in [7, 11) is 0. The van der Waals surface area contributed by atoms with E-state index in [1.165, 1.54) is 51.7 Å². The largest absolute Gasteiger partial charge is 0.393 e. The van der Waals surface area contributed by atoms with Gasteiger partial charge in [-0.05, 0) is 64.1 Å². The molecule has 2 fully saturated rings. The van der Waals surface area contributed by atoms with Crippen molar-refractivity contribution < 1.29 is 5.11 Å². The number of aliphatic hydroxyl groups excluding tert-OH is 1. The van der Waals surface area contributed by atoms with Crippen LogP contribution in [0.5, 0.6) is 0 Å². The van der Waals surface area contributed by atoms with Crippen LogP contribution in [0.2, 0.25) is 0 Å². The van der Waals surface area contributed by atoms with Crippen LogP contribution in [0.4, 0.5) is 0 Å². The fourth-order valence-corrected chi connectivity index (χ4v) is 2.42. The van der Waals surface area contributed by atoms with Crippen molar-refractivity contribution in [2.45, 2.75) is 45.1 Å². The van der Waals surface area contributed by atoms with Gasteiger partial charge in [-0.15, -0.1) is 0 Å². The van der Waals surface area contributed by atoms with Crippen LogP contribution in [-0.2, 0) is 0 Å². The molecule has 1 saturated heterocycles. The number of hydrogen-bond acceptors (Lipinski definition) is 2. The second kappa shape index (κ2) is 3.58. The first kappa shape index (κ1) is 9.47. The van der Waals surface area contributed by atoms with Crippen molar-refractivity contribution in [2.75, 3.05) is 19.6 Å². The van der Waals surface area contributed by atoms with Gasteiger partial charge in [-0.1, -0.05) is 0 Å². The lowest BCUT2D eigenvalue weighted by atomic mass is 9.96. The van der Waals surface area contributed by atoms with Gasteiger partial charge in [0.2, 0.25) is 0 Å². The van der Waals surface area contributed by atoms with Crippen LogP contribution < -0.4 is 0 Å². The molecule has 2 nitrogen and oxygen atoms in total. The van der Waals surface area contributed by atoms with Crippen molar-refractivity contribution in [3.05, 3.63) is 0 Å². The molecule has 76 valence electrons. The predicted molar refractivity (Wildman–Crippen MR) is 53.6 cm³/mol. The topological polar surface area (TPSA) is 23.5 Å². The molecular weight excluding hydrogens is 162 g/mol. The third kappa shape index (κ3) is 2.05. The predicted octanol–water partition coefficient (Wildman–Crippen LogP) is 1.63. The Hall–Kier alpha value is -0.0800. The minimum absolute atomic E-state index is 0.0879. The van der Waals surface area contributed by atoms with E-state index in [2.05, 4.69) is 4.90 Å². The van der Waals surface area contributed by atoms with Gasteiger partial charge in [0.25, 0.3) is 0 Å². The van der Waals surface area contributed by atoms with Gasteiger partial charge in [0.1, 0.15) is 0 Å². The van der Waals surface area contributed by atoms with Crippen LogP contribution in [0, 0.1) is 5.41 Å². The summed E-state index contributed by atoms with van der Waals surface area (Å²) >= 11 is 0. The molecule has 0 amide bonds. The lowest BCUT2D eigenvalue weighted by Gasteiger charge is -2.22. The lowest BCUT2D eigenvalue weighted by Crippen LogP contribution is -2.27. The molecule has 1 unspecified atom stereocenters. The van der Waals surface area contributed by atoms with E-state index in [9.17, 15) is 5.11 Å². The van der Waals surface area contributed by atoms with E-state index in [0.29, 0.717) is 5.41 Å². The average molecular weight is 183 g/mol. The molecule has 2 heteroatoms. The number of hydrogen-bond donors (Lipinski definition) is 1. The van der Waals surface area contributed by atoms with E-state index >= 15 is 0 Å². The third-order valence-corrected chi connectivity index (χ3v) is 3.90. The minimum Gasteiger partial charge on any atom is -0.393 e. The van der Waals surface area contributed by atoms with E-state index in [0.717, 1.165) is 0 Å². The molecule has 2 aliphatic rings. The van der Waals surface area contributed by atoms with Crippen molar-refractivity contribution >= 4 is 0 Å². The average Bonchev–Trinajstić information content (AvgIpc) is 2.73. The highest BCUT2D eigenvalue weighted by molar-refractivity contribution is 4.97. The highest BCUT2D eigenvalue weighted by Crippen LogP contribution is 2.51. The van der Waals surface area contributed by atoms with Gasteiger partial charge >= 0.3 is 0 Å². The first-order chi connectivity index (χ1) is 6.23. The van der Waals surface area contributed by atoms with Gasteiger partial charge in [-0.3, -0.25) is 0 Å². The zero-order chi connectivity index (χ0) is 9.31. The van der Waals surface area contributed by atoms with E-state index in [1.54, 1.807) is 0 Å². The monoisotopic (exact) mass is 183 g/mol. The third-order valence-electron chi connectivity index (χ3n) is 3.90. The van der Waals surface area contributed by atoms with Crippen molar-refractivity contribution in [1.29, 1.82) is 0 Å². The molecule has 1 saturated carbocycles. The summed E-state index contributed by atoms with van der Waals surface area (Å²) in [6.07, 6.45) is 6.38. The summed E-state index contributed by atoms with van der Waals surface area (Å²) in [4.78, 5) is 2.54. The van der Waals surface area contributed by atoms with Crippen LogP contribution in [0.25, 0.3) is 0 Å². The van der Waals surface area contributed by atoms with E-state index in [-0.39, 0.29) is 6.10 Å². The van der Waals surface area contributed by atoms with Gasteiger partial charge in [-0.2, -0.15) is 0 Å². The van der Waals surface area contributed by atoms with Crippen LogP contribution in [0.15, 0.2) is 0 Å². The smallest absolute Gasteiger partial charge is 0.0568 e. The summed E-state index contributed by atoms with van der Waals surface area (Å²) in [5, 5.41) is 9.60. The van der Waals surface area contributed by atoms with E-state index < -0.39 is 0 Å². The molecular formula is C11H21NO. The van der Waals surface area contributed by atoms with E-state index in [4.69, 9.17) is 0 Å². The second-order valence-electron chi connectivity index (χ2n) is 4.84. The molecule has 0 aromatic heterocycles. The summed E-state index contributed by atoms with van der Waals surface area (Å²) in [5.41, 5.74) is 0.322. The Morgan fingerprint density at radius 3 is 2.38 bits per heavy atom. The number of likely N-dealkylation sites (tertiary alicyclic amines) is 1. The molecule has 0 spiro atoms. The van der Waals surface area contributed by atoms with Crippen LogP contribution in [0.3, 0.4) is 0 Å². The van der Waals surface area contributed by atoms with Crippen molar-refractivity contribution in [2.24, 2.45) is 5.41 Å². The Morgan fingerprint density at radius 2 is 1.92 bits per heavy atom. The SMILES string of the molecule is CC(O)C1(CCN2CCCC2)CC1. The second-order valence-corrected chi connectivity index (χ2v) is 4.84. The molecule has 1 heterocycles. The fraction of sp³-hybridized carbons (Fsp3) is 1.00. The van der Waals surface area contributed by atoms with Gasteiger partial charge in [0, 0.05) is 0 Å². The molecule has 0 radical (unpaired) electrons. The summed E-state index contributed by atoms with van der Waals surface area (Å²) in [5.74, 6) is 0. The standard InChI is InChI=1S/C11H21NO/c1-10(13)11(4-5-11)6-9-12-7-2-3-8-12/h10,13H,2-9H2,1H3. The normalized spacial score (nSPS) is 29.1. The minimum atomic E-state index is -0.0879. The van der Waals surface area contributed by atoms with Crippen molar-refractivity contribution in [3.63, 3.8) is 0 Å². The first-order valence-electron chi connectivity index (χ1n) is 5.63. The number of nitrogens with zero attached hydrogens (tertiary/aromatic N) is 1. The Balaban J connectivity index is 1.72. The lowest BCUT2D eigenvalue weighted by molar-refractivity contribution is 0.0966. The van der Waals surface area contributed by atoms with Crippen LogP contribution >= 0.6 is 0 Å². The molecule has 0 aromatic carbocycles. The molecule has 1 N–H and O–H groups in total. The molecule has 1 aliphatic heterocycles. The summed E-state index contributed by atoms with van der Waals surface area (Å²) < 4.78 is 0. The van der Waals surface area contributed by atoms with Crippen LogP contribution in [-0.4, -0.2) is 35.7 Å². The molecule has 0 bridgehead atoms. The Labute approximate surface area is 80.9 Å². The Kier molecular flexibility index (Phi) is 2.61. The van der Waals surface area contributed by atoms with Gasteiger partial charge < -0.3 is 10.0 Å². The zero-order valence-corrected chi connectivity index (χ0v) is 8.63. The number of aliphatic hydroxyl groups is 1. The fourth-order valence-electron chi connectivity index (χ4n) is 2.42. The van der Waals surface area contributed by atoms with Gasteiger partial charge in [-0.25, -0.2) is 0 Å². The van der Waals surface area contributed by atoms with Crippen molar-refractivity contribution in [1.82, 2.24) is 4.90 Å². The Bertz CT molecular complexity index is 169. The highest BCUT2D eigenvalue weighted by atomic mass is 16.3. The van der Waals surface area contributed by atoms with Gasteiger partial charge in [0.05, 0.1) is 6.10 Å². The molecule has 0 aromatic rings. The molecule has 1 aliphatic carbocycles. The number of rotatable bonds is 4. The van der Waals surface area contributed by atoms with Gasteiger partial charge in [0.15, 0.2) is 0 Å². The maximum atomic E-state index is 9.60. The maximum Gasteiger partial charge on any atom is 0.0568 e. The zero-order valence-electron chi connectivity index (χ0n) is 8.63. The quantitative estimate of drug-likeness (QED) is 0.716. The Morgan fingerprint density at radius 1 is 1.31 bits per heavy atom. The van der Waals surface area contributed by atoms with Crippen LogP contribution in [0.1, 0.15) is 39.0 Å². The maximum absolute atomic E-state index is 9.60. The molecule has 2 rings (SSSR count). The first-order valence-corrected chi connectivity index (χ1v) is 5.63. The van der Waals surface area contributed by atoms with Crippen molar-refractivity contribution in [3.8, 4) is 0 Å². The highest BCUT2D eigenvalue weighted by Gasteiger charge is 2.46. The van der Waals surface area contributed by atoms with E-state index in [1.807, 2.05) is 6.92 Å². The summed E-state index contributed by atoms with van der Waals surface area (Å²) in [6.45, 7) is 5.74.